The average Bonchev–Trinajstić information content (AvgIpc) is 3.15. The lowest BCUT2D eigenvalue weighted by Crippen LogP contribution is -2.72. The SMILES string of the molecule is C=C(C)C1CC[C@]2(C)C[C@@H]1c1c(O)c3c(c(CC=C(C)C)c1O2)O[C@]12C(=C[C@@H]4C[C@H]1C(C)(C)O[C@@]2(C/C=C(/C)C(=O)OC)C4=O)C3=O. The molecule has 0 aromatic heterocycles. The van der Waals surface area contributed by atoms with E-state index in [2.05, 4.69) is 19.6 Å². The number of esters is 1. The van der Waals surface area contributed by atoms with Crippen molar-refractivity contribution in [3.63, 3.8) is 0 Å². The molecule has 8 rings (SSSR count). The minimum atomic E-state index is -1.56. The van der Waals surface area contributed by atoms with Crippen molar-refractivity contribution in [3.05, 3.63) is 63.8 Å². The van der Waals surface area contributed by atoms with Crippen LogP contribution in [-0.2, 0) is 25.5 Å². The maximum atomic E-state index is 15.0. The fraction of sp³-hybridized carbons (Fsp3) is 0.564. The van der Waals surface area contributed by atoms with Crippen LogP contribution in [0.15, 0.2) is 47.1 Å². The number of Topliss-reactive ketones (excluding diaryl/α,β-unsaturated/α-hetero) is 2. The van der Waals surface area contributed by atoms with E-state index in [1.54, 1.807) is 19.1 Å². The number of phenols is 1. The van der Waals surface area contributed by atoms with Gasteiger partial charge in [0.15, 0.2) is 22.8 Å². The molecule has 1 saturated heterocycles. The second-order valence-electron chi connectivity index (χ2n) is 15.7. The topological polar surface area (TPSA) is 108 Å². The molecule has 1 aromatic carbocycles. The molecular formula is C39H46O8. The first-order chi connectivity index (χ1) is 22.0. The van der Waals surface area contributed by atoms with Gasteiger partial charge in [-0.1, -0.05) is 36.0 Å². The van der Waals surface area contributed by atoms with Gasteiger partial charge in [0.25, 0.3) is 0 Å². The van der Waals surface area contributed by atoms with Crippen molar-refractivity contribution in [1.82, 2.24) is 0 Å². The lowest BCUT2D eigenvalue weighted by Gasteiger charge is -2.56. The zero-order valence-corrected chi connectivity index (χ0v) is 28.8. The Kier molecular flexibility index (Phi) is 6.91. The normalized spacial score (nSPS) is 35.5. The molecule has 0 radical (unpaired) electrons. The summed E-state index contributed by atoms with van der Waals surface area (Å²) in [7, 11) is 1.31. The van der Waals surface area contributed by atoms with Crippen molar-refractivity contribution >= 4 is 17.5 Å². The number of hydrogen-bond donors (Lipinski definition) is 1. The van der Waals surface area contributed by atoms with E-state index < -0.39 is 34.3 Å². The molecule has 8 nitrogen and oxygen atoms in total. The Balaban J connectivity index is 1.51. The number of ketones is 2. The molecule has 4 aliphatic carbocycles. The Hall–Kier alpha value is -3.65. The Morgan fingerprint density at radius 3 is 2.49 bits per heavy atom. The molecule has 6 bridgehead atoms. The standard InChI is InChI=1S/C39H46O8/c1-19(2)10-11-24-32-28(25-18-37(8,45-32)14-13-23(25)20(3)4)31(41)29-30(40)26-16-22-17-27-36(6,7)47-38(34(22)42,39(26,27)46-33(24)29)15-12-21(5)35(43)44-9/h10,12,16,22-23,25,27,41H,3,11,13-15,17-18H2,1-2,4-9H3/b21-12-/t22-,23?,25+,27+,37-,38+,39-/m1/s1. The molecule has 1 spiro atoms. The van der Waals surface area contributed by atoms with Crippen LogP contribution in [-0.4, -0.2) is 52.2 Å². The molecule has 3 heterocycles. The molecule has 2 saturated carbocycles. The molecule has 1 aromatic rings. The molecule has 8 heteroatoms. The van der Waals surface area contributed by atoms with Crippen molar-refractivity contribution in [2.75, 3.05) is 7.11 Å². The number of phenolic OH excluding ortho intramolecular Hbond substituents is 1. The number of carbonyl (C=O) groups excluding carboxylic acids is 3. The fourth-order valence-electron chi connectivity index (χ4n) is 9.81. The minimum absolute atomic E-state index is 0.0281. The van der Waals surface area contributed by atoms with E-state index >= 15 is 4.79 Å². The quantitative estimate of drug-likeness (QED) is 0.200. The van der Waals surface area contributed by atoms with Crippen molar-refractivity contribution in [2.45, 2.75) is 115 Å². The van der Waals surface area contributed by atoms with Crippen LogP contribution in [0.25, 0.3) is 0 Å². The van der Waals surface area contributed by atoms with E-state index in [0.717, 1.165) is 24.0 Å². The van der Waals surface area contributed by atoms with Crippen LogP contribution in [0, 0.1) is 17.8 Å². The highest BCUT2D eigenvalue weighted by Gasteiger charge is 2.81. The number of rotatable bonds is 6. The molecule has 7 aliphatic rings. The van der Waals surface area contributed by atoms with Crippen LogP contribution in [0.2, 0.25) is 0 Å². The van der Waals surface area contributed by atoms with Crippen LogP contribution in [0.5, 0.6) is 17.2 Å². The fourth-order valence-corrected chi connectivity index (χ4v) is 9.81. The number of aromatic hydroxyl groups is 1. The first-order valence-corrected chi connectivity index (χ1v) is 16.9. The summed E-state index contributed by atoms with van der Waals surface area (Å²) in [4.78, 5) is 41.9. The minimum Gasteiger partial charge on any atom is -0.507 e. The number of fused-ring (bicyclic) bond motifs is 5. The lowest BCUT2D eigenvalue weighted by molar-refractivity contribution is -0.171. The highest BCUT2D eigenvalue weighted by molar-refractivity contribution is 6.18. The second-order valence-corrected chi connectivity index (χ2v) is 15.7. The molecule has 1 unspecified atom stereocenters. The van der Waals surface area contributed by atoms with Gasteiger partial charge in [0.2, 0.25) is 0 Å². The zero-order chi connectivity index (χ0) is 34.0. The number of carbonyl (C=O) groups is 3. The maximum Gasteiger partial charge on any atom is 0.333 e. The van der Waals surface area contributed by atoms with Gasteiger partial charge < -0.3 is 24.1 Å². The van der Waals surface area contributed by atoms with Crippen molar-refractivity contribution in [3.8, 4) is 17.2 Å². The third-order valence-corrected chi connectivity index (χ3v) is 12.0. The van der Waals surface area contributed by atoms with Crippen molar-refractivity contribution in [1.29, 1.82) is 0 Å². The van der Waals surface area contributed by atoms with Crippen molar-refractivity contribution in [2.24, 2.45) is 17.8 Å². The molecule has 3 fully saturated rings. The first kappa shape index (κ1) is 31.9. The van der Waals surface area contributed by atoms with Gasteiger partial charge >= 0.3 is 5.97 Å². The van der Waals surface area contributed by atoms with Crippen LogP contribution in [0.3, 0.4) is 0 Å². The summed E-state index contributed by atoms with van der Waals surface area (Å²) in [6, 6.07) is 0. The van der Waals surface area contributed by atoms with E-state index in [1.165, 1.54) is 7.11 Å². The number of ether oxygens (including phenoxy) is 4. The molecule has 3 aliphatic heterocycles. The number of benzene rings is 1. The van der Waals surface area contributed by atoms with Gasteiger partial charge in [0.05, 0.1) is 12.7 Å². The van der Waals surface area contributed by atoms with Crippen LogP contribution in [0.1, 0.15) is 108 Å². The van der Waals surface area contributed by atoms with Gasteiger partial charge in [-0.05, 0) is 86.5 Å². The Morgan fingerprint density at radius 2 is 1.83 bits per heavy atom. The summed E-state index contributed by atoms with van der Waals surface area (Å²) in [5, 5.41) is 12.2. The molecule has 250 valence electrons. The Labute approximate surface area is 276 Å². The highest BCUT2D eigenvalue weighted by Crippen LogP contribution is 2.69. The largest absolute Gasteiger partial charge is 0.507 e. The second kappa shape index (κ2) is 10.2. The van der Waals surface area contributed by atoms with Gasteiger partial charge in [-0.3, -0.25) is 9.59 Å². The monoisotopic (exact) mass is 642 g/mol. The molecule has 0 amide bonds. The Morgan fingerprint density at radius 1 is 1.11 bits per heavy atom. The van der Waals surface area contributed by atoms with Crippen LogP contribution in [0.4, 0.5) is 0 Å². The predicted octanol–water partition coefficient (Wildman–Crippen LogP) is 7.03. The maximum absolute atomic E-state index is 15.0. The number of hydrogen-bond acceptors (Lipinski definition) is 8. The summed E-state index contributed by atoms with van der Waals surface area (Å²) in [5.41, 5.74) is -0.0106. The predicted molar refractivity (Wildman–Crippen MR) is 176 cm³/mol. The number of allylic oxidation sites excluding steroid dienone is 4. The van der Waals surface area contributed by atoms with Crippen LogP contribution < -0.4 is 9.47 Å². The van der Waals surface area contributed by atoms with E-state index in [9.17, 15) is 14.7 Å². The van der Waals surface area contributed by atoms with Gasteiger partial charge in [0, 0.05) is 46.4 Å². The van der Waals surface area contributed by atoms with Gasteiger partial charge in [-0.15, -0.1) is 0 Å². The lowest BCUT2D eigenvalue weighted by atomic mass is 9.51. The third kappa shape index (κ3) is 4.12. The van der Waals surface area contributed by atoms with E-state index in [1.807, 2.05) is 34.6 Å². The summed E-state index contributed by atoms with van der Waals surface area (Å²) in [6.07, 6.45) is 8.83. The molecule has 1 N–H and O–H groups in total. The van der Waals surface area contributed by atoms with Crippen LogP contribution >= 0.6 is 0 Å². The van der Waals surface area contributed by atoms with E-state index in [0.29, 0.717) is 47.3 Å². The van der Waals surface area contributed by atoms with Gasteiger partial charge in [-0.25, -0.2) is 4.79 Å². The molecule has 7 atom stereocenters. The highest BCUT2D eigenvalue weighted by atomic mass is 16.6. The molecule has 47 heavy (non-hydrogen) atoms. The van der Waals surface area contributed by atoms with E-state index in [4.69, 9.17) is 18.9 Å². The zero-order valence-electron chi connectivity index (χ0n) is 28.8. The summed E-state index contributed by atoms with van der Waals surface area (Å²) in [5.74, 6) is -1.12. The third-order valence-electron chi connectivity index (χ3n) is 12.0. The summed E-state index contributed by atoms with van der Waals surface area (Å²) in [6.45, 7) is 18.0. The molecular weight excluding hydrogens is 596 g/mol. The number of methoxy groups -OCH3 is 1. The average molecular weight is 643 g/mol. The van der Waals surface area contributed by atoms with E-state index in [-0.39, 0.29) is 52.8 Å². The van der Waals surface area contributed by atoms with Gasteiger partial charge in [-0.2, -0.15) is 0 Å². The van der Waals surface area contributed by atoms with Gasteiger partial charge in [0.1, 0.15) is 28.4 Å². The summed E-state index contributed by atoms with van der Waals surface area (Å²) < 4.78 is 25.9. The smallest absolute Gasteiger partial charge is 0.333 e. The summed E-state index contributed by atoms with van der Waals surface area (Å²) >= 11 is 0. The Bertz CT molecular complexity index is 1750. The van der Waals surface area contributed by atoms with Crippen molar-refractivity contribution < 1.29 is 38.4 Å². The first-order valence-electron chi connectivity index (χ1n) is 16.9.